The molecule has 0 aliphatic rings. The molecule has 11 heteroatoms. The van der Waals surface area contributed by atoms with Crippen LogP contribution in [0.15, 0.2) is 32.5 Å². The molecule has 2 aromatic rings. The van der Waals surface area contributed by atoms with Gasteiger partial charge in [-0.3, -0.25) is 14.9 Å². The minimum Gasteiger partial charge on any atom is -0.451 e. The molecule has 2 rings (SSSR count). The Kier molecular flexibility index (Phi) is 6.02. The van der Waals surface area contributed by atoms with E-state index in [0.717, 1.165) is 23.5 Å². The zero-order valence-electron chi connectivity index (χ0n) is 11.5. The monoisotopic (exact) mass is 480 g/mol. The van der Waals surface area contributed by atoms with Crippen molar-refractivity contribution in [3.05, 3.63) is 53.3 Å². The number of carbonyl (C=O) groups is 2. The molecule has 1 amide bonds. The van der Waals surface area contributed by atoms with Gasteiger partial charge in [-0.25, -0.2) is 9.18 Å². The van der Waals surface area contributed by atoms with Gasteiger partial charge in [0, 0.05) is 4.47 Å². The molecule has 1 aromatic carbocycles. The van der Waals surface area contributed by atoms with E-state index >= 15 is 0 Å². The molecule has 0 spiro atoms. The van der Waals surface area contributed by atoms with Crippen molar-refractivity contribution in [3.63, 3.8) is 0 Å². The highest BCUT2D eigenvalue weighted by molar-refractivity contribution is 9.13. The van der Waals surface area contributed by atoms with Gasteiger partial charge >= 0.3 is 5.97 Å². The molecule has 0 aliphatic carbocycles. The summed E-state index contributed by atoms with van der Waals surface area (Å²) in [5.74, 6) is -2.30. The number of thiophene rings is 1. The highest BCUT2D eigenvalue weighted by Gasteiger charge is 2.19. The van der Waals surface area contributed by atoms with Gasteiger partial charge in [-0.15, -0.1) is 11.3 Å². The minimum atomic E-state index is -0.828. The molecule has 0 saturated carbocycles. The lowest BCUT2D eigenvalue weighted by Crippen LogP contribution is -2.21. The van der Waals surface area contributed by atoms with E-state index in [1.807, 2.05) is 0 Å². The van der Waals surface area contributed by atoms with Gasteiger partial charge in [0.05, 0.1) is 14.8 Å². The molecule has 1 N–H and O–H groups in total. The number of hydrogen-bond acceptors (Lipinski definition) is 6. The summed E-state index contributed by atoms with van der Waals surface area (Å²) in [6.45, 7) is -0.638. The maximum Gasteiger partial charge on any atom is 0.348 e. The lowest BCUT2D eigenvalue weighted by Gasteiger charge is -2.06. The van der Waals surface area contributed by atoms with Crippen molar-refractivity contribution in [3.8, 4) is 0 Å². The van der Waals surface area contributed by atoms with Crippen LogP contribution in [0.2, 0.25) is 0 Å². The predicted molar refractivity (Wildman–Crippen MR) is 91.7 cm³/mol. The fraction of sp³-hybridized carbons (Fsp3) is 0.0769. The molecule has 0 radical (unpaired) electrons. The molecule has 126 valence electrons. The molecule has 0 atom stereocenters. The van der Waals surface area contributed by atoms with Gasteiger partial charge < -0.3 is 10.1 Å². The predicted octanol–water partition coefficient (Wildman–Crippen LogP) is 4.12. The second-order valence-corrected chi connectivity index (χ2v) is 7.50. The Hall–Kier alpha value is -1.85. The lowest BCUT2D eigenvalue weighted by atomic mass is 10.2. The summed E-state index contributed by atoms with van der Waals surface area (Å²) in [4.78, 5) is 33.8. The van der Waals surface area contributed by atoms with E-state index in [1.165, 1.54) is 6.07 Å². The van der Waals surface area contributed by atoms with Crippen LogP contribution >= 0.6 is 43.2 Å². The third kappa shape index (κ3) is 4.58. The highest BCUT2D eigenvalue weighted by Crippen LogP contribution is 2.32. The number of nitrogens with zero attached hydrogens (tertiary/aromatic N) is 1. The average Bonchev–Trinajstić information content (AvgIpc) is 2.86. The van der Waals surface area contributed by atoms with E-state index in [1.54, 1.807) is 0 Å². The zero-order chi connectivity index (χ0) is 17.9. The largest absolute Gasteiger partial charge is 0.451 e. The number of ether oxygens (including phenoxy) is 1. The van der Waals surface area contributed by atoms with Gasteiger partial charge in [0.2, 0.25) is 0 Å². The van der Waals surface area contributed by atoms with Crippen molar-refractivity contribution in [2.24, 2.45) is 0 Å². The third-order valence-corrected chi connectivity index (χ3v) is 5.85. The Morgan fingerprint density at radius 3 is 2.62 bits per heavy atom. The van der Waals surface area contributed by atoms with Crippen LogP contribution in [0.4, 0.5) is 15.8 Å². The Morgan fingerprint density at radius 1 is 1.33 bits per heavy atom. The van der Waals surface area contributed by atoms with Crippen LogP contribution in [0.5, 0.6) is 0 Å². The van der Waals surface area contributed by atoms with Gasteiger partial charge in [0.25, 0.3) is 11.6 Å². The van der Waals surface area contributed by atoms with Gasteiger partial charge in [-0.1, -0.05) is 0 Å². The summed E-state index contributed by atoms with van der Waals surface area (Å²) in [7, 11) is 0. The SMILES string of the molecule is O=C(COC(=O)c1cc(Br)c(Br)s1)Nc1ccc(F)cc1[N+](=O)[O-]. The Bertz CT molecular complexity index is 807. The quantitative estimate of drug-likeness (QED) is 0.393. The average molecular weight is 482 g/mol. The second kappa shape index (κ2) is 7.81. The van der Waals surface area contributed by atoms with Crippen LogP contribution in [0.1, 0.15) is 9.67 Å². The number of halogens is 3. The Labute approximate surface area is 155 Å². The molecule has 0 aliphatic heterocycles. The summed E-state index contributed by atoms with van der Waals surface area (Å²) in [6.07, 6.45) is 0. The molecule has 0 bridgehead atoms. The molecule has 0 saturated heterocycles. The summed E-state index contributed by atoms with van der Waals surface area (Å²) < 4.78 is 19.2. The zero-order valence-corrected chi connectivity index (χ0v) is 15.5. The van der Waals surface area contributed by atoms with Gasteiger partial charge in [-0.2, -0.15) is 0 Å². The first-order valence-corrected chi connectivity index (χ1v) is 8.54. The summed E-state index contributed by atoms with van der Waals surface area (Å²) in [6, 6.07) is 4.23. The number of anilines is 1. The van der Waals surface area contributed by atoms with Crippen molar-refractivity contribution in [2.45, 2.75) is 0 Å². The Balaban J connectivity index is 1.99. The molecular weight excluding hydrogens is 475 g/mol. The number of benzene rings is 1. The number of rotatable bonds is 5. The fourth-order valence-corrected chi connectivity index (χ4v) is 3.53. The van der Waals surface area contributed by atoms with Crippen LogP contribution in [0.25, 0.3) is 0 Å². The lowest BCUT2D eigenvalue weighted by molar-refractivity contribution is -0.384. The number of nitrogens with one attached hydrogen (secondary N) is 1. The van der Waals surface area contributed by atoms with Crippen molar-refractivity contribution in [2.75, 3.05) is 11.9 Å². The van der Waals surface area contributed by atoms with Gasteiger partial charge in [-0.05, 0) is 50.1 Å². The van der Waals surface area contributed by atoms with E-state index in [2.05, 4.69) is 37.2 Å². The van der Waals surface area contributed by atoms with Crippen molar-refractivity contribution >= 4 is 66.4 Å². The Morgan fingerprint density at radius 2 is 2.04 bits per heavy atom. The number of carbonyl (C=O) groups excluding carboxylic acids is 2. The first kappa shape index (κ1) is 18.5. The third-order valence-electron chi connectivity index (χ3n) is 2.61. The standard InChI is InChI=1S/C13H7Br2FN2O5S/c14-7-4-10(24-12(7)15)13(20)23-5-11(19)17-8-2-1-6(16)3-9(8)18(21)22/h1-4H,5H2,(H,17,19). The number of nitro groups is 1. The van der Waals surface area contributed by atoms with Crippen LogP contribution < -0.4 is 5.32 Å². The topological polar surface area (TPSA) is 98.5 Å². The molecule has 24 heavy (non-hydrogen) atoms. The summed E-state index contributed by atoms with van der Waals surface area (Å²) in [5, 5.41) is 13.0. The maximum absolute atomic E-state index is 13.0. The van der Waals surface area contributed by atoms with E-state index in [-0.39, 0.29) is 10.6 Å². The smallest absolute Gasteiger partial charge is 0.348 e. The van der Waals surface area contributed by atoms with Crippen LogP contribution in [-0.4, -0.2) is 23.4 Å². The van der Waals surface area contributed by atoms with Crippen molar-refractivity contribution in [1.29, 1.82) is 0 Å². The normalized spacial score (nSPS) is 10.3. The fourth-order valence-electron chi connectivity index (χ4n) is 1.60. The second-order valence-electron chi connectivity index (χ2n) is 4.28. The van der Waals surface area contributed by atoms with Gasteiger partial charge in [0.1, 0.15) is 16.4 Å². The van der Waals surface area contributed by atoms with Crippen molar-refractivity contribution < 1.29 is 23.6 Å². The van der Waals surface area contributed by atoms with E-state index in [0.29, 0.717) is 14.3 Å². The van der Waals surface area contributed by atoms with E-state index in [4.69, 9.17) is 4.74 Å². The minimum absolute atomic E-state index is 0.191. The van der Waals surface area contributed by atoms with E-state index < -0.39 is 34.9 Å². The number of esters is 1. The van der Waals surface area contributed by atoms with Crippen LogP contribution in [0, 0.1) is 15.9 Å². The van der Waals surface area contributed by atoms with Crippen LogP contribution in [-0.2, 0) is 9.53 Å². The first-order valence-electron chi connectivity index (χ1n) is 6.13. The first-order chi connectivity index (χ1) is 11.3. The highest BCUT2D eigenvalue weighted by atomic mass is 79.9. The van der Waals surface area contributed by atoms with Crippen molar-refractivity contribution in [1.82, 2.24) is 0 Å². The van der Waals surface area contributed by atoms with Crippen LogP contribution in [0.3, 0.4) is 0 Å². The number of hydrogen-bond donors (Lipinski definition) is 1. The number of nitro benzene ring substituents is 1. The molecule has 0 unspecified atom stereocenters. The molecule has 7 nitrogen and oxygen atoms in total. The number of amides is 1. The molecule has 0 fully saturated rings. The van der Waals surface area contributed by atoms with E-state index in [9.17, 15) is 24.1 Å². The molecule has 1 heterocycles. The molecule has 1 aromatic heterocycles. The molecular formula is C13H7Br2FN2O5S. The van der Waals surface area contributed by atoms with Gasteiger partial charge in [0.15, 0.2) is 6.61 Å². The summed E-state index contributed by atoms with van der Waals surface area (Å²) >= 11 is 7.56. The maximum atomic E-state index is 13.0. The summed E-state index contributed by atoms with van der Waals surface area (Å²) in [5.41, 5.74) is -0.787.